The summed E-state index contributed by atoms with van der Waals surface area (Å²) < 4.78 is 28.6. The molecule has 0 N–H and O–H groups in total. The van der Waals surface area contributed by atoms with Crippen molar-refractivity contribution in [3.8, 4) is 0 Å². The summed E-state index contributed by atoms with van der Waals surface area (Å²) in [5, 5.41) is 4.59. The summed E-state index contributed by atoms with van der Waals surface area (Å²) in [6.07, 6.45) is 3.70. The zero-order valence-corrected chi connectivity index (χ0v) is 16.2. The molecule has 1 saturated heterocycles. The summed E-state index contributed by atoms with van der Waals surface area (Å²) >= 11 is 0. The van der Waals surface area contributed by atoms with Gasteiger partial charge in [0.2, 0.25) is 0 Å². The van der Waals surface area contributed by atoms with E-state index >= 15 is 0 Å². The van der Waals surface area contributed by atoms with Gasteiger partial charge in [0.25, 0.3) is 5.92 Å². The highest BCUT2D eigenvalue weighted by atomic mass is 19.3. The summed E-state index contributed by atoms with van der Waals surface area (Å²) in [6, 6.07) is 4.05. The lowest BCUT2D eigenvalue weighted by atomic mass is 9.82. The minimum Gasteiger partial charge on any atom is -0.297 e. The fraction of sp³-hybridized carbons (Fsp3) is 0.571. The molecule has 2 aromatic heterocycles. The van der Waals surface area contributed by atoms with Crippen LogP contribution in [-0.2, 0) is 0 Å². The fourth-order valence-corrected chi connectivity index (χ4v) is 4.53. The topological polar surface area (TPSA) is 20.5 Å². The van der Waals surface area contributed by atoms with E-state index in [0.29, 0.717) is 11.8 Å². The molecule has 3 heterocycles. The number of alkyl halides is 2. The summed E-state index contributed by atoms with van der Waals surface area (Å²) in [6.45, 7) is 12.9. The lowest BCUT2D eigenvalue weighted by molar-refractivity contribution is -0.0231. The number of allylic oxidation sites excluding steroid dienone is 1. The highest BCUT2D eigenvalue weighted by Gasteiger charge is 2.32. The van der Waals surface area contributed by atoms with Gasteiger partial charge in [-0.15, -0.1) is 0 Å². The minimum absolute atomic E-state index is 0.136. The molecule has 1 atom stereocenters. The molecular weight excluding hydrogens is 332 g/mol. The monoisotopic (exact) mass is 361 g/mol. The van der Waals surface area contributed by atoms with Crippen LogP contribution in [0.25, 0.3) is 11.1 Å². The lowest BCUT2D eigenvalue weighted by Crippen LogP contribution is -2.41. The van der Waals surface area contributed by atoms with Gasteiger partial charge in [-0.05, 0) is 69.0 Å². The number of hydrogen-bond acceptors (Lipinski definition) is 2. The Kier molecular flexibility index (Phi) is 5.20. The zero-order chi connectivity index (χ0) is 19.1. The molecular formula is C21H29F2N3. The standard InChI is InChI=1S/C21H29F2N3/c1-14(2)19-16(4)20(26-18(19)7-6-10-24-26)15(3)17-8-11-25(12-9-17)13-21(5,22)23/h6-7,10,15,17H,1,8-9,11-13H2,2-5H3. The quantitative estimate of drug-likeness (QED) is 0.734. The van der Waals surface area contributed by atoms with E-state index < -0.39 is 5.92 Å². The first-order valence-electron chi connectivity index (χ1n) is 9.41. The van der Waals surface area contributed by atoms with Crippen LogP contribution in [0, 0.1) is 12.8 Å². The molecule has 26 heavy (non-hydrogen) atoms. The van der Waals surface area contributed by atoms with Gasteiger partial charge in [-0.2, -0.15) is 5.10 Å². The summed E-state index contributed by atoms with van der Waals surface area (Å²) in [7, 11) is 0. The Hall–Kier alpha value is -1.75. The molecule has 3 nitrogen and oxygen atoms in total. The first-order chi connectivity index (χ1) is 12.2. The Morgan fingerprint density at radius 3 is 2.62 bits per heavy atom. The second-order valence-electron chi connectivity index (χ2n) is 7.96. The normalized spacial score (nSPS) is 18.4. The number of likely N-dealkylation sites (tertiary alicyclic amines) is 1. The van der Waals surface area contributed by atoms with Crippen LogP contribution < -0.4 is 0 Å². The molecule has 0 saturated carbocycles. The van der Waals surface area contributed by atoms with E-state index in [2.05, 4.69) is 36.1 Å². The van der Waals surface area contributed by atoms with Crippen molar-refractivity contribution >= 4 is 11.1 Å². The second-order valence-corrected chi connectivity index (χ2v) is 7.96. The maximum absolute atomic E-state index is 13.3. The number of fused-ring (bicyclic) bond motifs is 1. The Morgan fingerprint density at radius 1 is 1.38 bits per heavy atom. The van der Waals surface area contributed by atoms with Gasteiger partial charge < -0.3 is 0 Å². The number of hydrogen-bond donors (Lipinski definition) is 0. The summed E-state index contributed by atoms with van der Waals surface area (Å²) in [5.74, 6) is -1.81. The average molecular weight is 361 g/mol. The van der Waals surface area contributed by atoms with Crippen molar-refractivity contribution in [3.63, 3.8) is 0 Å². The number of aromatic nitrogens is 2. The molecule has 3 rings (SSSR count). The van der Waals surface area contributed by atoms with Crippen LogP contribution in [0.5, 0.6) is 0 Å². The van der Waals surface area contributed by atoms with E-state index in [1.165, 1.54) is 16.8 Å². The van der Waals surface area contributed by atoms with Crippen LogP contribution in [-0.4, -0.2) is 40.1 Å². The van der Waals surface area contributed by atoms with Crippen LogP contribution in [0.3, 0.4) is 0 Å². The SMILES string of the molecule is C=C(C)c1c(C)c(C(C)C2CCN(CC(C)(F)F)CC2)n2ncccc12. The molecule has 1 aliphatic rings. The van der Waals surface area contributed by atoms with Gasteiger partial charge in [-0.25, -0.2) is 13.3 Å². The summed E-state index contributed by atoms with van der Waals surface area (Å²) in [5.41, 5.74) is 5.81. The van der Waals surface area contributed by atoms with Crippen LogP contribution in [0.1, 0.15) is 56.4 Å². The average Bonchev–Trinajstić information content (AvgIpc) is 2.85. The predicted octanol–water partition coefficient (Wildman–Crippen LogP) is 5.15. The third kappa shape index (κ3) is 3.68. The first-order valence-corrected chi connectivity index (χ1v) is 9.41. The van der Waals surface area contributed by atoms with Gasteiger partial charge in [-0.3, -0.25) is 4.90 Å². The molecule has 1 unspecified atom stereocenters. The van der Waals surface area contributed by atoms with E-state index in [1.54, 1.807) is 0 Å². The molecule has 0 aliphatic carbocycles. The third-order valence-corrected chi connectivity index (χ3v) is 5.69. The van der Waals surface area contributed by atoms with Crippen molar-refractivity contribution in [2.45, 2.75) is 52.4 Å². The zero-order valence-electron chi connectivity index (χ0n) is 16.2. The van der Waals surface area contributed by atoms with E-state index in [-0.39, 0.29) is 6.54 Å². The molecule has 142 valence electrons. The largest absolute Gasteiger partial charge is 0.297 e. The van der Waals surface area contributed by atoms with Gasteiger partial charge in [-0.1, -0.05) is 13.5 Å². The Labute approximate surface area is 154 Å². The van der Waals surface area contributed by atoms with Crippen molar-refractivity contribution in [3.05, 3.63) is 41.7 Å². The van der Waals surface area contributed by atoms with Crippen molar-refractivity contribution in [2.24, 2.45) is 5.92 Å². The molecule has 0 amide bonds. The number of piperidine rings is 1. The molecule has 1 aliphatic heterocycles. The number of rotatable bonds is 5. The highest BCUT2D eigenvalue weighted by molar-refractivity contribution is 5.80. The van der Waals surface area contributed by atoms with Gasteiger partial charge in [0.1, 0.15) is 0 Å². The molecule has 0 aromatic carbocycles. The van der Waals surface area contributed by atoms with Crippen molar-refractivity contribution < 1.29 is 8.78 Å². The van der Waals surface area contributed by atoms with Crippen molar-refractivity contribution in [1.29, 1.82) is 0 Å². The van der Waals surface area contributed by atoms with Crippen LogP contribution >= 0.6 is 0 Å². The maximum atomic E-state index is 13.3. The number of halogens is 2. The highest BCUT2D eigenvalue weighted by Crippen LogP contribution is 2.38. The predicted molar refractivity (Wildman–Crippen MR) is 103 cm³/mol. The van der Waals surface area contributed by atoms with Gasteiger partial charge in [0.15, 0.2) is 0 Å². The Bertz CT molecular complexity index is 795. The van der Waals surface area contributed by atoms with E-state index in [1.807, 2.05) is 24.1 Å². The Morgan fingerprint density at radius 2 is 2.04 bits per heavy atom. The van der Waals surface area contributed by atoms with E-state index in [4.69, 9.17) is 0 Å². The molecule has 2 aromatic rings. The van der Waals surface area contributed by atoms with Gasteiger partial charge in [0, 0.05) is 30.3 Å². The van der Waals surface area contributed by atoms with E-state index in [0.717, 1.165) is 43.9 Å². The first kappa shape index (κ1) is 19.0. The Balaban J connectivity index is 1.84. The second kappa shape index (κ2) is 7.10. The van der Waals surface area contributed by atoms with Crippen LogP contribution in [0.4, 0.5) is 8.78 Å². The van der Waals surface area contributed by atoms with E-state index in [9.17, 15) is 8.78 Å². The van der Waals surface area contributed by atoms with Crippen molar-refractivity contribution in [1.82, 2.24) is 14.5 Å². The lowest BCUT2D eigenvalue weighted by Gasteiger charge is -2.36. The van der Waals surface area contributed by atoms with Gasteiger partial charge >= 0.3 is 0 Å². The summed E-state index contributed by atoms with van der Waals surface area (Å²) in [4.78, 5) is 1.89. The maximum Gasteiger partial charge on any atom is 0.257 e. The molecule has 1 fully saturated rings. The minimum atomic E-state index is -2.62. The van der Waals surface area contributed by atoms with Crippen LogP contribution in [0.15, 0.2) is 24.9 Å². The number of nitrogens with zero attached hydrogens (tertiary/aromatic N) is 3. The van der Waals surface area contributed by atoms with Gasteiger partial charge in [0.05, 0.1) is 12.1 Å². The third-order valence-electron chi connectivity index (χ3n) is 5.69. The van der Waals surface area contributed by atoms with Crippen molar-refractivity contribution in [2.75, 3.05) is 19.6 Å². The molecule has 0 radical (unpaired) electrons. The fourth-order valence-electron chi connectivity index (χ4n) is 4.53. The smallest absolute Gasteiger partial charge is 0.257 e. The molecule has 0 spiro atoms. The molecule has 5 heteroatoms. The van der Waals surface area contributed by atoms with Crippen LogP contribution in [0.2, 0.25) is 0 Å². The molecule has 0 bridgehead atoms.